The Morgan fingerprint density at radius 1 is 1.12 bits per heavy atom. The van der Waals surface area contributed by atoms with Crippen LogP contribution in [0.3, 0.4) is 0 Å². The fourth-order valence-corrected chi connectivity index (χ4v) is 5.97. The molecule has 1 aromatic carbocycles. The monoisotopic (exact) mass is 452 g/mol. The van der Waals surface area contributed by atoms with Crippen LogP contribution in [0, 0.1) is 33.8 Å². The molecule has 1 amide bonds. The molecule has 1 aromatic heterocycles. The average Bonchev–Trinajstić information content (AvgIpc) is 3.39. The van der Waals surface area contributed by atoms with Gasteiger partial charge in [-0.25, -0.2) is 13.8 Å². The minimum atomic E-state index is -0.637. The number of halogens is 2. The number of carbonyl (C=O) groups is 1. The zero-order valence-corrected chi connectivity index (χ0v) is 18.4. The van der Waals surface area contributed by atoms with Crippen molar-refractivity contribution < 1.29 is 13.6 Å². The van der Waals surface area contributed by atoms with E-state index in [1.807, 2.05) is 6.07 Å². The second-order valence-corrected chi connectivity index (χ2v) is 9.86. The van der Waals surface area contributed by atoms with Crippen LogP contribution in [0.25, 0.3) is 0 Å². The predicted octanol–water partition coefficient (Wildman–Crippen LogP) is 4.51. The molecule has 9 heteroatoms. The van der Waals surface area contributed by atoms with E-state index >= 15 is 0 Å². The molecule has 6 rings (SSSR count). The highest BCUT2D eigenvalue weighted by atomic mass is 19.1. The van der Waals surface area contributed by atoms with Gasteiger partial charge in [0.15, 0.2) is 5.69 Å². The van der Waals surface area contributed by atoms with E-state index < -0.39 is 17.7 Å². The summed E-state index contributed by atoms with van der Waals surface area (Å²) in [7, 11) is 0. The number of hydrazone groups is 1. The lowest BCUT2D eigenvalue weighted by Gasteiger charge is -2.70. The van der Waals surface area contributed by atoms with Crippen LogP contribution < -0.4 is 0 Å². The lowest BCUT2D eigenvalue weighted by atomic mass is 9.33. The minimum absolute atomic E-state index is 0.00244. The fraction of sp³-hybridized carbons (Fsp3) is 0.542. The fourth-order valence-electron chi connectivity index (χ4n) is 5.97. The summed E-state index contributed by atoms with van der Waals surface area (Å²) in [6, 6.07) is 4.97. The number of unbranched alkanes of at least 4 members (excludes halogenated alkanes) is 3. The Kier molecular flexibility index (Phi) is 5.47. The Balaban J connectivity index is 1.06. The number of hydrogen-bond donors (Lipinski definition) is 0. The largest absolute Gasteiger partial charge is 0.272 e. The normalized spacial score (nSPS) is 27.2. The second kappa shape index (κ2) is 8.32. The van der Waals surface area contributed by atoms with Crippen LogP contribution in [0.1, 0.15) is 75.1 Å². The standard InChI is InChI=1S/C24H26F2N6O/c25-18-9-17(10-19(26)11-18)21-5-7-28-32(21)22(33)24-14-23(15-24,16-24)6-3-1-2-4-8-31-13-20(12-27)29-30-31/h7,9-11,13,21H,1-6,8,14-16H2. The minimum Gasteiger partial charge on any atom is -0.272 e. The van der Waals surface area contributed by atoms with E-state index in [1.165, 1.54) is 17.1 Å². The highest BCUT2D eigenvalue weighted by molar-refractivity contribution is 5.88. The van der Waals surface area contributed by atoms with Crippen molar-refractivity contribution in [1.82, 2.24) is 20.0 Å². The molecule has 1 atom stereocenters. The van der Waals surface area contributed by atoms with Gasteiger partial charge >= 0.3 is 0 Å². The highest BCUT2D eigenvalue weighted by Crippen LogP contribution is 2.76. The van der Waals surface area contributed by atoms with Crippen molar-refractivity contribution in [1.29, 1.82) is 5.26 Å². The van der Waals surface area contributed by atoms with Gasteiger partial charge in [0.1, 0.15) is 17.7 Å². The first kappa shape index (κ1) is 21.7. The molecule has 4 aliphatic rings. The van der Waals surface area contributed by atoms with Crippen molar-refractivity contribution in [3.63, 3.8) is 0 Å². The zero-order valence-electron chi connectivity index (χ0n) is 18.4. The highest BCUT2D eigenvalue weighted by Gasteiger charge is 2.71. The smallest absolute Gasteiger partial charge is 0.249 e. The van der Waals surface area contributed by atoms with Gasteiger partial charge in [-0.05, 0) is 55.2 Å². The lowest BCUT2D eigenvalue weighted by molar-refractivity contribution is -0.220. The quantitative estimate of drug-likeness (QED) is 0.524. The molecule has 0 spiro atoms. The van der Waals surface area contributed by atoms with Gasteiger partial charge in [0, 0.05) is 25.2 Å². The van der Waals surface area contributed by atoms with Gasteiger partial charge in [0.25, 0.3) is 0 Å². The number of aryl methyl sites for hydroxylation is 1. The van der Waals surface area contributed by atoms with Gasteiger partial charge in [0.2, 0.25) is 5.91 Å². The van der Waals surface area contributed by atoms with Crippen LogP contribution >= 0.6 is 0 Å². The number of benzene rings is 1. The Labute approximate surface area is 191 Å². The third kappa shape index (κ3) is 4.03. The predicted molar refractivity (Wildman–Crippen MR) is 116 cm³/mol. The third-order valence-corrected chi connectivity index (χ3v) is 7.40. The maximum absolute atomic E-state index is 13.7. The Morgan fingerprint density at radius 3 is 2.55 bits per heavy atom. The molecule has 7 nitrogen and oxygen atoms in total. The van der Waals surface area contributed by atoms with E-state index in [-0.39, 0.29) is 16.7 Å². The van der Waals surface area contributed by atoms with E-state index in [1.54, 1.807) is 17.1 Å². The number of rotatable bonds is 9. The average molecular weight is 453 g/mol. The summed E-state index contributed by atoms with van der Waals surface area (Å²) in [5.74, 6) is -1.28. The number of hydrogen-bond acceptors (Lipinski definition) is 5. The Morgan fingerprint density at radius 2 is 1.85 bits per heavy atom. The van der Waals surface area contributed by atoms with Gasteiger partial charge in [0.05, 0.1) is 17.7 Å². The summed E-state index contributed by atoms with van der Waals surface area (Å²) in [6.07, 6.45) is 12.0. The van der Waals surface area contributed by atoms with E-state index in [0.29, 0.717) is 17.7 Å². The molecule has 1 aliphatic heterocycles. The Hall–Kier alpha value is -3.15. The van der Waals surface area contributed by atoms with Gasteiger partial charge in [-0.15, -0.1) is 5.10 Å². The van der Waals surface area contributed by atoms with Crippen molar-refractivity contribution in [2.75, 3.05) is 0 Å². The van der Waals surface area contributed by atoms with Gasteiger partial charge in [-0.2, -0.15) is 10.4 Å². The zero-order chi connectivity index (χ0) is 23.1. The van der Waals surface area contributed by atoms with Crippen LogP contribution in [0.2, 0.25) is 0 Å². The molecule has 3 saturated carbocycles. The molecule has 172 valence electrons. The van der Waals surface area contributed by atoms with Crippen LogP contribution in [-0.2, 0) is 11.3 Å². The molecule has 3 fully saturated rings. The van der Waals surface area contributed by atoms with Crippen LogP contribution in [0.15, 0.2) is 29.5 Å². The van der Waals surface area contributed by atoms with Crippen LogP contribution in [0.5, 0.6) is 0 Å². The van der Waals surface area contributed by atoms with E-state index in [9.17, 15) is 13.6 Å². The Bertz CT molecular complexity index is 1100. The number of amides is 1. The molecule has 3 aliphatic carbocycles. The summed E-state index contributed by atoms with van der Waals surface area (Å²) < 4.78 is 29.1. The molecule has 1 unspecified atom stereocenters. The van der Waals surface area contributed by atoms with Gasteiger partial charge < -0.3 is 0 Å². The second-order valence-electron chi connectivity index (χ2n) is 9.86. The lowest BCUT2D eigenvalue weighted by Crippen LogP contribution is -2.67. The topological polar surface area (TPSA) is 87.2 Å². The van der Waals surface area contributed by atoms with E-state index in [0.717, 1.165) is 64.0 Å². The number of nitrogens with zero attached hydrogens (tertiary/aromatic N) is 6. The molecular formula is C24H26F2N6O. The van der Waals surface area contributed by atoms with Gasteiger partial charge in [-0.3, -0.25) is 9.48 Å². The first-order valence-electron chi connectivity index (χ1n) is 11.5. The molecular weight excluding hydrogens is 426 g/mol. The van der Waals surface area contributed by atoms with Crippen molar-refractivity contribution in [2.24, 2.45) is 15.9 Å². The van der Waals surface area contributed by atoms with Gasteiger partial charge in [-0.1, -0.05) is 24.5 Å². The summed E-state index contributed by atoms with van der Waals surface area (Å²) in [5, 5.41) is 22.2. The number of aromatic nitrogens is 3. The molecule has 0 N–H and O–H groups in total. The van der Waals surface area contributed by atoms with E-state index in [4.69, 9.17) is 5.26 Å². The number of nitriles is 1. The summed E-state index contributed by atoms with van der Waals surface area (Å²) >= 11 is 0. The van der Waals surface area contributed by atoms with E-state index in [2.05, 4.69) is 15.4 Å². The summed E-state index contributed by atoms with van der Waals surface area (Å²) in [6.45, 7) is 0.768. The van der Waals surface area contributed by atoms with Crippen molar-refractivity contribution >= 4 is 12.1 Å². The molecule has 0 saturated heterocycles. The maximum Gasteiger partial charge on any atom is 0.249 e. The van der Waals surface area contributed by atoms with Crippen molar-refractivity contribution in [3.8, 4) is 6.07 Å². The molecule has 2 heterocycles. The van der Waals surface area contributed by atoms with Crippen LogP contribution in [0.4, 0.5) is 8.78 Å². The molecule has 2 bridgehead atoms. The third-order valence-electron chi connectivity index (χ3n) is 7.40. The molecule has 0 radical (unpaired) electrons. The van der Waals surface area contributed by atoms with Crippen LogP contribution in [-0.4, -0.2) is 32.1 Å². The number of carbonyl (C=O) groups excluding carboxylic acids is 1. The maximum atomic E-state index is 13.7. The van der Waals surface area contributed by atoms with Crippen molar-refractivity contribution in [2.45, 2.75) is 70.4 Å². The summed E-state index contributed by atoms with van der Waals surface area (Å²) in [5.41, 5.74) is 0.746. The molecule has 33 heavy (non-hydrogen) atoms. The summed E-state index contributed by atoms with van der Waals surface area (Å²) in [4.78, 5) is 13.2. The first-order valence-corrected chi connectivity index (χ1v) is 11.5. The SMILES string of the molecule is N#Cc1cn(CCCCCCC23CC(C(=O)N4N=CCC4c4cc(F)cc(F)c4)(C2)C3)nn1. The molecule has 2 aromatic rings. The van der Waals surface area contributed by atoms with Crippen molar-refractivity contribution in [3.05, 3.63) is 47.3 Å². The first-order chi connectivity index (χ1) is 15.9.